The number of nitrogens with zero attached hydrogens (tertiary/aromatic N) is 1. The molecule has 22 heavy (non-hydrogen) atoms. The number of amides is 1. The molecule has 0 radical (unpaired) electrons. The van der Waals surface area contributed by atoms with Crippen molar-refractivity contribution in [3.63, 3.8) is 0 Å². The summed E-state index contributed by atoms with van der Waals surface area (Å²) < 4.78 is 5.46. The molecule has 1 aromatic rings. The van der Waals surface area contributed by atoms with Crippen molar-refractivity contribution < 1.29 is 19.4 Å². The van der Waals surface area contributed by atoms with Crippen LogP contribution in [0.3, 0.4) is 0 Å². The van der Waals surface area contributed by atoms with Crippen LogP contribution in [0, 0.1) is 5.92 Å². The van der Waals surface area contributed by atoms with E-state index < -0.39 is 11.9 Å². The Hall–Kier alpha value is -1.88. The largest absolute Gasteiger partial charge is 0.481 e. The van der Waals surface area contributed by atoms with Gasteiger partial charge in [0.25, 0.3) is 0 Å². The highest BCUT2D eigenvalue weighted by atomic mass is 16.5. The molecule has 5 heteroatoms. The molecule has 0 aliphatic carbocycles. The number of likely N-dealkylation sites (tertiary alicyclic amines) is 1. The van der Waals surface area contributed by atoms with Crippen LogP contribution in [0.5, 0.6) is 0 Å². The van der Waals surface area contributed by atoms with Crippen LogP contribution in [0.4, 0.5) is 0 Å². The van der Waals surface area contributed by atoms with Gasteiger partial charge >= 0.3 is 5.97 Å². The number of ether oxygens (including phenoxy) is 1. The fourth-order valence-electron chi connectivity index (χ4n) is 2.90. The average Bonchev–Trinajstić information content (AvgIpc) is 2.52. The Balaban J connectivity index is 1.76. The molecular formula is C17H23NO4. The number of benzene rings is 1. The maximum atomic E-state index is 12.2. The Morgan fingerprint density at radius 3 is 2.73 bits per heavy atom. The molecule has 1 aliphatic heterocycles. The van der Waals surface area contributed by atoms with Gasteiger partial charge in [0, 0.05) is 12.6 Å². The Bertz CT molecular complexity index is 503. The Morgan fingerprint density at radius 1 is 1.32 bits per heavy atom. The van der Waals surface area contributed by atoms with Crippen molar-refractivity contribution in [1.29, 1.82) is 0 Å². The summed E-state index contributed by atoms with van der Waals surface area (Å²) in [7, 11) is 0. The monoisotopic (exact) mass is 305 g/mol. The van der Waals surface area contributed by atoms with Crippen molar-refractivity contribution in [1.82, 2.24) is 4.90 Å². The number of hydrogen-bond acceptors (Lipinski definition) is 3. The van der Waals surface area contributed by atoms with Crippen molar-refractivity contribution in [2.45, 2.75) is 32.2 Å². The smallest absolute Gasteiger partial charge is 0.308 e. The maximum absolute atomic E-state index is 12.2. The van der Waals surface area contributed by atoms with Crippen molar-refractivity contribution in [3.05, 3.63) is 35.9 Å². The van der Waals surface area contributed by atoms with Crippen LogP contribution in [0.2, 0.25) is 0 Å². The summed E-state index contributed by atoms with van der Waals surface area (Å²) in [6, 6.07) is 9.69. The van der Waals surface area contributed by atoms with Gasteiger partial charge in [0.15, 0.2) is 0 Å². The summed E-state index contributed by atoms with van der Waals surface area (Å²) in [6.45, 7) is 2.93. The molecule has 1 saturated heterocycles. The van der Waals surface area contributed by atoms with Crippen molar-refractivity contribution in [2.24, 2.45) is 5.92 Å². The highest BCUT2D eigenvalue weighted by Crippen LogP contribution is 2.23. The molecule has 1 heterocycles. The zero-order valence-corrected chi connectivity index (χ0v) is 12.9. The summed E-state index contributed by atoms with van der Waals surface area (Å²) in [5.41, 5.74) is 1.17. The van der Waals surface area contributed by atoms with E-state index in [1.54, 1.807) is 11.8 Å². The second-order valence-corrected chi connectivity index (χ2v) is 5.70. The molecule has 0 aromatic heterocycles. The summed E-state index contributed by atoms with van der Waals surface area (Å²) in [5, 5.41) is 9.18. The van der Waals surface area contributed by atoms with Gasteiger partial charge in [-0.15, -0.1) is 0 Å². The minimum atomic E-state index is -0.824. The van der Waals surface area contributed by atoms with E-state index in [0.717, 1.165) is 12.8 Å². The van der Waals surface area contributed by atoms with E-state index in [4.69, 9.17) is 4.74 Å². The molecule has 0 saturated carbocycles. The first-order chi connectivity index (χ1) is 10.6. The zero-order chi connectivity index (χ0) is 15.9. The predicted octanol–water partition coefficient (Wildman–Crippen LogP) is 1.96. The third-order valence-corrected chi connectivity index (χ3v) is 4.23. The van der Waals surface area contributed by atoms with Gasteiger partial charge in [-0.3, -0.25) is 9.59 Å². The van der Waals surface area contributed by atoms with Crippen LogP contribution >= 0.6 is 0 Å². The van der Waals surface area contributed by atoms with Gasteiger partial charge < -0.3 is 14.7 Å². The lowest BCUT2D eigenvalue weighted by Crippen LogP contribution is -2.50. The molecule has 2 rings (SSSR count). The molecule has 0 bridgehead atoms. The fourth-order valence-corrected chi connectivity index (χ4v) is 2.90. The average molecular weight is 305 g/mol. The molecule has 120 valence electrons. The molecule has 0 unspecified atom stereocenters. The van der Waals surface area contributed by atoms with E-state index in [1.165, 1.54) is 5.56 Å². The van der Waals surface area contributed by atoms with Gasteiger partial charge in [-0.25, -0.2) is 0 Å². The van der Waals surface area contributed by atoms with Crippen LogP contribution in [-0.4, -0.2) is 47.7 Å². The van der Waals surface area contributed by atoms with E-state index in [9.17, 15) is 14.7 Å². The third kappa shape index (κ3) is 4.31. The first kappa shape index (κ1) is 16.5. The third-order valence-electron chi connectivity index (χ3n) is 4.23. The molecule has 1 N–H and O–H groups in total. The first-order valence-corrected chi connectivity index (χ1v) is 7.73. The second kappa shape index (κ2) is 7.94. The number of aliphatic carboxylic acids is 1. The summed E-state index contributed by atoms with van der Waals surface area (Å²) >= 11 is 0. The normalized spacial score (nSPS) is 21.6. The van der Waals surface area contributed by atoms with Crippen molar-refractivity contribution in [3.8, 4) is 0 Å². The maximum Gasteiger partial charge on any atom is 0.308 e. The number of carboxylic acids is 1. The van der Waals surface area contributed by atoms with E-state index >= 15 is 0 Å². The Morgan fingerprint density at radius 2 is 2.05 bits per heavy atom. The molecule has 1 fully saturated rings. The van der Waals surface area contributed by atoms with Crippen LogP contribution in [0.1, 0.15) is 25.3 Å². The minimum absolute atomic E-state index is 0.0174. The van der Waals surface area contributed by atoms with Gasteiger partial charge in [-0.2, -0.15) is 0 Å². The molecule has 1 aromatic carbocycles. The Kier molecular flexibility index (Phi) is 5.95. The molecule has 0 spiro atoms. The lowest BCUT2D eigenvalue weighted by Gasteiger charge is -2.37. The summed E-state index contributed by atoms with van der Waals surface area (Å²) in [5.74, 6) is -1.41. The summed E-state index contributed by atoms with van der Waals surface area (Å²) in [6.07, 6.45) is 2.13. The van der Waals surface area contributed by atoms with E-state index in [-0.39, 0.29) is 18.6 Å². The summed E-state index contributed by atoms with van der Waals surface area (Å²) in [4.78, 5) is 25.0. The standard InChI is InChI=1S/C17H23NO4/c1-13-15(17(20)21)8-5-10-18(13)16(19)12-22-11-9-14-6-3-2-4-7-14/h2-4,6-7,13,15H,5,8-12H2,1H3,(H,20,21)/t13-,15-/m1/s1. The first-order valence-electron chi connectivity index (χ1n) is 7.73. The molecule has 1 aliphatic rings. The van der Waals surface area contributed by atoms with E-state index in [2.05, 4.69) is 0 Å². The lowest BCUT2D eigenvalue weighted by atomic mass is 9.90. The minimum Gasteiger partial charge on any atom is -0.481 e. The van der Waals surface area contributed by atoms with Crippen LogP contribution in [0.15, 0.2) is 30.3 Å². The van der Waals surface area contributed by atoms with E-state index in [1.807, 2.05) is 30.3 Å². The molecule has 1 amide bonds. The van der Waals surface area contributed by atoms with Crippen LogP contribution in [0.25, 0.3) is 0 Å². The quantitative estimate of drug-likeness (QED) is 0.816. The molecular weight excluding hydrogens is 282 g/mol. The highest BCUT2D eigenvalue weighted by Gasteiger charge is 2.35. The molecule has 2 atom stereocenters. The fraction of sp³-hybridized carbons (Fsp3) is 0.529. The number of carbonyl (C=O) groups excluding carboxylic acids is 1. The Labute approximate surface area is 130 Å². The predicted molar refractivity (Wildman–Crippen MR) is 82.5 cm³/mol. The number of hydrogen-bond donors (Lipinski definition) is 1. The second-order valence-electron chi connectivity index (χ2n) is 5.70. The number of rotatable bonds is 6. The van der Waals surface area contributed by atoms with Gasteiger partial charge in [-0.1, -0.05) is 30.3 Å². The topological polar surface area (TPSA) is 66.8 Å². The SMILES string of the molecule is C[C@@H]1[C@H](C(=O)O)CCCN1C(=O)COCCc1ccccc1. The number of carbonyl (C=O) groups is 2. The number of piperidine rings is 1. The van der Waals surface area contributed by atoms with Crippen LogP contribution < -0.4 is 0 Å². The van der Waals surface area contributed by atoms with Crippen LogP contribution in [-0.2, 0) is 20.7 Å². The lowest BCUT2D eigenvalue weighted by molar-refractivity contribution is -0.150. The van der Waals surface area contributed by atoms with Crippen molar-refractivity contribution in [2.75, 3.05) is 19.8 Å². The highest BCUT2D eigenvalue weighted by molar-refractivity contribution is 5.79. The van der Waals surface area contributed by atoms with Gasteiger partial charge in [0.2, 0.25) is 5.91 Å². The van der Waals surface area contributed by atoms with E-state index in [0.29, 0.717) is 19.6 Å². The number of carboxylic acid groups (broad SMARTS) is 1. The zero-order valence-electron chi connectivity index (χ0n) is 12.9. The van der Waals surface area contributed by atoms with Gasteiger partial charge in [0.1, 0.15) is 6.61 Å². The molecule has 5 nitrogen and oxygen atoms in total. The van der Waals surface area contributed by atoms with Crippen molar-refractivity contribution >= 4 is 11.9 Å². The van der Waals surface area contributed by atoms with Gasteiger partial charge in [0.05, 0.1) is 12.5 Å². The van der Waals surface area contributed by atoms with Gasteiger partial charge in [-0.05, 0) is 31.7 Å².